The third-order valence-electron chi connectivity index (χ3n) is 8.28. The van der Waals surface area contributed by atoms with E-state index in [1.54, 1.807) is 34.7 Å². The average Bonchev–Trinajstić information content (AvgIpc) is 3.40. The Bertz CT molecular complexity index is 1300. The molecule has 0 spiro atoms. The van der Waals surface area contributed by atoms with Crippen LogP contribution < -0.4 is 5.63 Å². The zero-order valence-electron chi connectivity index (χ0n) is 23.8. The number of hydrogen-bond acceptors (Lipinski definition) is 2. The molecule has 2 aromatic carbocycles. The number of rotatable bonds is 6. The van der Waals surface area contributed by atoms with Gasteiger partial charge in [0.05, 0.1) is 0 Å². The van der Waals surface area contributed by atoms with Crippen molar-refractivity contribution >= 4 is 8.07 Å². The molecule has 0 saturated carbocycles. The van der Waals surface area contributed by atoms with Gasteiger partial charge in [-0.15, -0.1) is 0 Å². The van der Waals surface area contributed by atoms with Crippen molar-refractivity contribution in [2.45, 2.75) is 67.5 Å². The molecule has 0 saturated heterocycles. The van der Waals surface area contributed by atoms with E-state index < -0.39 is 29.2 Å². The molecule has 0 radical (unpaired) electrons. The first-order chi connectivity index (χ1) is 17.9. The average molecular weight is 612 g/mol. The van der Waals surface area contributed by atoms with Crippen LogP contribution in [-0.2, 0) is 21.1 Å². The summed E-state index contributed by atoms with van der Waals surface area (Å²) in [5.41, 5.74) is 5.71. The van der Waals surface area contributed by atoms with Gasteiger partial charge in [-0.1, -0.05) is 0 Å². The molecule has 5 rings (SSSR count). The molecule has 0 amide bonds. The molecule has 0 fully saturated rings. The maximum atomic E-state index is 14.0. The van der Waals surface area contributed by atoms with Crippen LogP contribution in [0.15, 0.2) is 87.8 Å². The number of hydrogen-bond donors (Lipinski definition) is 0. The third-order valence-corrected chi connectivity index (χ3v) is 20.8. The van der Waals surface area contributed by atoms with Gasteiger partial charge in [0.2, 0.25) is 0 Å². The number of allylic oxidation sites excluding steroid dienone is 8. The van der Waals surface area contributed by atoms with Crippen LogP contribution in [-0.4, -0.2) is 8.07 Å². The molecule has 1 heterocycles. The summed E-state index contributed by atoms with van der Waals surface area (Å²) in [6, 6.07) is 12.7. The Morgan fingerprint density at radius 2 is 1.00 bits per heavy atom. The van der Waals surface area contributed by atoms with Crippen molar-refractivity contribution in [3.63, 3.8) is 0 Å². The molecule has 1 aliphatic heterocycles. The van der Waals surface area contributed by atoms with E-state index in [1.165, 1.54) is 53.1 Å². The van der Waals surface area contributed by atoms with Gasteiger partial charge in [-0.2, -0.15) is 0 Å². The molecule has 38 heavy (non-hydrogen) atoms. The molecule has 2 nitrogen and oxygen atoms in total. The molecule has 0 atom stereocenters. The summed E-state index contributed by atoms with van der Waals surface area (Å²) in [4.78, 5) is 0. The van der Waals surface area contributed by atoms with E-state index in [4.69, 9.17) is 5.63 Å². The molecule has 0 N–H and O–H groups in total. The third kappa shape index (κ3) is 4.36. The van der Waals surface area contributed by atoms with Crippen LogP contribution in [0.4, 0.5) is 8.78 Å². The van der Waals surface area contributed by atoms with Crippen LogP contribution in [0.1, 0.15) is 54.4 Å². The second kappa shape index (κ2) is 9.86. The van der Waals surface area contributed by atoms with Crippen molar-refractivity contribution in [1.29, 1.82) is 0 Å². The monoisotopic (exact) mass is 610 g/mol. The van der Waals surface area contributed by atoms with Gasteiger partial charge in [0.1, 0.15) is 0 Å². The van der Waals surface area contributed by atoms with Crippen molar-refractivity contribution in [3.8, 4) is 11.5 Å². The number of benzene rings is 2. The molecule has 0 unspecified atom stereocenters. The van der Waals surface area contributed by atoms with Crippen LogP contribution in [0.25, 0.3) is 0 Å². The molecular weight excluding hydrogens is 574 g/mol. The zero-order chi connectivity index (χ0) is 27.6. The molecule has 2 aliphatic carbocycles. The Hall–Kier alpha value is -2.04. The second-order valence-electron chi connectivity index (χ2n) is 12.1. The Morgan fingerprint density at radius 3 is 1.32 bits per heavy atom. The normalized spacial score (nSPS) is 20.1. The molecule has 200 valence electrons. The minimum atomic E-state index is -4.51. The van der Waals surface area contributed by atoms with E-state index in [0.717, 1.165) is 12.8 Å². The summed E-state index contributed by atoms with van der Waals surface area (Å²) >= 11 is -4.51. The van der Waals surface area contributed by atoms with Crippen LogP contribution in [0.5, 0.6) is 11.5 Å². The molecule has 6 heteroatoms. The van der Waals surface area contributed by atoms with E-state index in [-0.39, 0.29) is 11.6 Å². The van der Waals surface area contributed by atoms with Gasteiger partial charge in [0, 0.05) is 0 Å². The predicted octanol–water partition coefficient (Wildman–Crippen LogP) is 9.47. The van der Waals surface area contributed by atoms with Crippen LogP contribution in [0.3, 0.4) is 0 Å². The standard InChI is InChI=1S/C20H30Si.2C6H5FO.Zr/c1-13(2)17-11-9-15(5)19(17)21(7,8)20-16(6)10-12-18(20)14(3)4;2*7-5-1-3-6(8)4-2-5;/h13-14H,9-10H2,1-8H3;2*1-4,8H;/q;;;+2/p-2. The fourth-order valence-electron chi connectivity index (χ4n) is 7.17. The van der Waals surface area contributed by atoms with Gasteiger partial charge in [0.25, 0.3) is 0 Å². The number of fused-ring (bicyclic) bond motifs is 2. The molecular formula is C32H38F2O2SiZr. The summed E-state index contributed by atoms with van der Waals surface area (Å²) in [7, 11) is -2.02. The van der Waals surface area contributed by atoms with Crippen molar-refractivity contribution in [2.75, 3.05) is 0 Å². The maximum absolute atomic E-state index is 14.0. The first kappa shape index (κ1) is 27.5. The van der Waals surface area contributed by atoms with E-state index in [0.29, 0.717) is 23.3 Å². The van der Waals surface area contributed by atoms with Crippen LogP contribution in [0.2, 0.25) is 13.1 Å². The SMILES string of the molecule is CC1=C2C(C(C)C)=[C](C1)[Zr]([O]c1ccc(F)cc1)([O]c1ccc(F)cc1)[C]1=C(C(C)C)C(=C(C)C1)[Si]2(C)C. The van der Waals surface area contributed by atoms with E-state index >= 15 is 0 Å². The molecule has 3 aliphatic rings. The van der Waals surface area contributed by atoms with Crippen molar-refractivity contribution in [2.24, 2.45) is 11.8 Å². The van der Waals surface area contributed by atoms with Gasteiger partial charge < -0.3 is 0 Å². The van der Waals surface area contributed by atoms with E-state index in [9.17, 15) is 8.78 Å². The van der Waals surface area contributed by atoms with E-state index in [1.807, 2.05) is 0 Å². The predicted molar refractivity (Wildman–Crippen MR) is 150 cm³/mol. The van der Waals surface area contributed by atoms with Crippen molar-refractivity contribution in [3.05, 3.63) is 99.4 Å². The van der Waals surface area contributed by atoms with Crippen LogP contribution in [0, 0.1) is 23.5 Å². The Balaban J connectivity index is 1.88. The minimum absolute atomic E-state index is 0.294. The second-order valence-corrected chi connectivity index (χ2v) is 23.4. The summed E-state index contributed by atoms with van der Waals surface area (Å²) in [5.74, 6) is 1.30. The first-order valence-corrected chi connectivity index (χ1v) is 21.1. The fourth-order valence-corrected chi connectivity index (χ4v) is 23.3. The van der Waals surface area contributed by atoms with Gasteiger partial charge in [-0.25, -0.2) is 0 Å². The number of halogens is 2. The Labute approximate surface area is 232 Å². The molecule has 0 aromatic heterocycles. The van der Waals surface area contributed by atoms with Crippen LogP contribution >= 0.6 is 0 Å². The van der Waals surface area contributed by atoms with Gasteiger partial charge in [0.15, 0.2) is 0 Å². The van der Waals surface area contributed by atoms with Gasteiger partial charge in [-0.3, -0.25) is 0 Å². The Morgan fingerprint density at radius 1 is 0.658 bits per heavy atom. The topological polar surface area (TPSA) is 18.5 Å². The fraction of sp³-hybridized carbons (Fsp3) is 0.375. The van der Waals surface area contributed by atoms with Gasteiger partial charge >= 0.3 is 234 Å². The summed E-state index contributed by atoms with van der Waals surface area (Å²) < 4.78 is 45.0. The summed E-state index contributed by atoms with van der Waals surface area (Å²) in [6.07, 6.45) is 1.69. The van der Waals surface area contributed by atoms with Gasteiger partial charge in [-0.05, 0) is 0 Å². The quantitative estimate of drug-likeness (QED) is 0.303. The summed E-state index contributed by atoms with van der Waals surface area (Å²) in [5, 5.41) is 3.12. The van der Waals surface area contributed by atoms with Crippen molar-refractivity contribution < 1.29 is 35.6 Å². The molecule has 2 aromatic rings. The summed E-state index contributed by atoms with van der Waals surface area (Å²) in [6.45, 7) is 18.8. The molecule has 4 bridgehead atoms. The van der Waals surface area contributed by atoms with E-state index in [2.05, 4.69) is 54.6 Å². The zero-order valence-corrected chi connectivity index (χ0v) is 27.2. The van der Waals surface area contributed by atoms with Crippen molar-refractivity contribution in [1.82, 2.24) is 0 Å². The first-order valence-electron chi connectivity index (χ1n) is 13.6. The Kier molecular flexibility index (Phi) is 7.14.